The molecule has 1 aromatic heterocycles. The van der Waals surface area contributed by atoms with Crippen LogP contribution in [-0.4, -0.2) is 36.0 Å². The number of benzene rings is 1. The maximum Gasteiger partial charge on any atom is 0.375 e. The predicted octanol–water partition coefficient (Wildman–Crippen LogP) is 4.22. The van der Waals surface area contributed by atoms with Gasteiger partial charge in [0.1, 0.15) is 11.4 Å². The van der Waals surface area contributed by atoms with Crippen LogP contribution in [0, 0.1) is 18.7 Å². The van der Waals surface area contributed by atoms with E-state index in [9.17, 15) is 14.0 Å². The molecule has 0 radical (unpaired) electrons. The summed E-state index contributed by atoms with van der Waals surface area (Å²) in [5, 5.41) is 0.536. The average molecular weight is 373 g/mol. The van der Waals surface area contributed by atoms with Crippen molar-refractivity contribution < 1.29 is 23.1 Å². The Morgan fingerprint density at radius 3 is 2.85 bits per heavy atom. The number of hydrogen-bond acceptors (Lipinski definition) is 4. The second-order valence-electron chi connectivity index (χ2n) is 7.61. The molecule has 1 saturated heterocycles. The van der Waals surface area contributed by atoms with E-state index in [0.29, 0.717) is 22.5 Å². The first-order valence-corrected chi connectivity index (χ1v) is 9.70. The molecule has 5 nitrogen and oxygen atoms in total. The maximum atomic E-state index is 13.4. The first-order chi connectivity index (χ1) is 13.0. The van der Waals surface area contributed by atoms with Gasteiger partial charge < -0.3 is 14.1 Å². The highest BCUT2D eigenvalue weighted by atomic mass is 19.1. The van der Waals surface area contributed by atoms with Crippen LogP contribution in [0.1, 0.15) is 54.6 Å². The summed E-state index contributed by atoms with van der Waals surface area (Å²) >= 11 is 0. The van der Waals surface area contributed by atoms with E-state index in [4.69, 9.17) is 9.15 Å². The molecule has 0 spiro atoms. The van der Waals surface area contributed by atoms with Gasteiger partial charge in [-0.3, -0.25) is 4.79 Å². The van der Waals surface area contributed by atoms with Crippen LogP contribution in [0.25, 0.3) is 11.0 Å². The minimum absolute atomic E-state index is 0.0255. The number of ether oxygens (including phenoxy) is 1. The van der Waals surface area contributed by atoms with Crippen molar-refractivity contribution in [2.75, 3.05) is 13.2 Å². The van der Waals surface area contributed by atoms with Gasteiger partial charge in [-0.1, -0.05) is 12.8 Å². The molecule has 2 aliphatic rings. The zero-order valence-corrected chi connectivity index (χ0v) is 15.5. The van der Waals surface area contributed by atoms with Crippen LogP contribution in [0.15, 0.2) is 22.6 Å². The quantitative estimate of drug-likeness (QED) is 0.756. The number of aryl methyl sites for hydroxylation is 1. The maximum absolute atomic E-state index is 13.4. The van der Waals surface area contributed by atoms with Crippen molar-refractivity contribution in [2.24, 2.45) is 5.92 Å². The monoisotopic (exact) mass is 373 g/mol. The fourth-order valence-corrected chi connectivity index (χ4v) is 4.60. The van der Waals surface area contributed by atoms with Crippen LogP contribution in [0.3, 0.4) is 0 Å². The lowest BCUT2D eigenvalue weighted by atomic mass is 9.78. The summed E-state index contributed by atoms with van der Waals surface area (Å²) in [6.07, 6.45) is 6.81. The van der Waals surface area contributed by atoms with Gasteiger partial charge in [0, 0.05) is 23.5 Å². The van der Waals surface area contributed by atoms with Crippen molar-refractivity contribution in [3.05, 3.63) is 35.3 Å². The van der Waals surface area contributed by atoms with Gasteiger partial charge in [0.05, 0.1) is 0 Å². The smallest absolute Gasteiger partial charge is 0.375 e. The number of hydrogen-bond donors (Lipinski definition) is 0. The highest BCUT2D eigenvalue weighted by Gasteiger charge is 2.36. The molecule has 0 N–H and O–H groups in total. The largest absolute Gasteiger partial charge is 0.450 e. The number of amides is 1. The third kappa shape index (κ3) is 3.45. The molecule has 2 atom stereocenters. The highest BCUT2D eigenvalue weighted by Crippen LogP contribution is 2.35. The number of carbonyl (C=O) groups excluding carboxylic acids is 2. The molecule has 1 aliphatic carbocycles. The van der Waals surface area contributed by atoms with Crippen LogP contribution < -0.4 is 0 Å². The van der Waals surface area contributed by atoms with Crippen molar-refractivity contribution in [1.29, 1.82) is 0 Å². The topological polar surface area (TPSA) is 59.8 Å². The van der Waals surface area contributed by atoms with E-state index in [1.54, 1.807) is 6.92 Å². The predicted molar refractivity (Wildman–Crippen MR) is 97.9 cm³/mol. The number of nitrogens with zero attached hydrogens (tertiary/aromatic N) is 1. The fourth-order valence-electron chi connectivity index (χ4n) is 4.60. The third-order valence-corrected chi connectivity index (χ3v) is 5.97. The summed E-state index contributed by atoms with van der Waals surface area (Å²) < 4.78 is 24.2. The van der Waals surface area contributed by atoms with E-state index >= 15 is 0 Å². The number of halogens is 1. The Labute approximate surface area is 157 Å². The Morgan fingerprint density at radius 2 is 2.00 bits per heavy atom. The molecule has 0 bridgehead atoms. The lowest BCUT2D eigenvalue weighted by molar-refractivity contribution is -0.140. The summed E-state index contributed by atoms with van der Waals surface area (Å²) in [6.45, 7) is 2.13. The number of fused-ring (bicyclic) bond motifs is 2. The van der Waals surface area contributed by atoms with E-state index in [1.165, 1.54) is 37.5 Å². The van der Waals surface area contributed by atoms with E-state index in [1.807, 2.05) is 4.90 Å². The SMILES string of the molecule is Cc1c(C(=O)OCC(=O)N2CCC[C@H]3CCCC[C@H]32)oc2ccc(F)cc12. The normalized spacial score (nSPS) is 22.5. The molecule has 4 rings (SSSR count). The third-order valence-electron chi connectivity index (χ3n) is 5.97. The zero-order chi connectivity index (χ0) is 19.0. The lowest BCUT2D eigenvalue weighted by Crippen LogP contribution is -2.50. The zero-order valence-electron chi connectivity index (χ0n) is 15.5. The lowest BCUT2D eigenvalue weighted by Gasteiger charge is -2.44. The summed E-state index contributed by atoms with van der Waals surface area (Å²) in [4.78, 5) is 27.0. The summed E-state index contributed by atoms with van der Waals surface area (Å²) in [5.41, 5.74) is 0.945. The van der Waals surface area contributed by atoms with Gasteiger partial charge in [-0.2, -0.15) is 0 Å². The Kier molecular flexibility index (Phi) is 4.89. The molecule has 6 heteroatoms. The van der Waals surface area contributed by atoms with Gasteiger partial charge in [-0.05, 0) is 56.7 Å². The van der Waals surface area contributed by atoms with Gasteiger partial charge >= 0.3 is 5.97 Å². The minimum Gasteiger partial charge on any atom is -0.450 e. The standard InChI is InChI=1S/C21H24FNO4/c1-13-16-11-15(22)8-9-18(16)27-20(13)21(25)26-12-19(24)23-10-4-6-14-5-2-3-7-17(14)23/h8-9,11,14,17H,2-7,10,12H2,1H3/t14-,17-/m1/s1. The summed E-state index contributed by atoms with van der Waals surface area (Å²) in [5.74, 6) is -0.611. The van der Waals surface area contributed by atoms with Gasteiger partial charge in [0.25, 0.3) is 5.91 Å². The van der Waals surface area contributed by atoms with Crippen molar-refractivity contribution in [2.45, 2.75) is 51.5 Å². The van der Waals surface area contributed by atoms with Crippen molar-refractivity contribution in [3.8, 4) is 0 Å². The second-order valence-corrected chi connectivity index (χ2v) is 7.61. The van der Waals surface area contributed by atoms with E-state index in [2.05, 4.69) is 0 Å². The molecule has 2 aromatic rings. The van der Waals surface area contributed by atoms with Crippen LogP contribution in [0.5, 0.6) is 0 Å². The van der Waals surface area contributed by atoms with Gasteiger partial charge in [0.15, 0.2) is 6.61 Å². The first-order valence-electron chi connectivity index (χ1n) is 9.70. The molecular weight excluding hydrogens is 349 g/mol. The second kappa shape index (κ2) is 7.33. The van der Waals surface area contributed by atoms with Gasteiger partial charge in [-0.15, -0.1) is 0 Å². The number of carbonyl (C=O) groups is 2. The number of piperidine rings is 1. The minimum atomic E-state index is -0.685. The molecule has 1 aliphatic heterocycles. The molecule has 0 unspecified atom stereocenters. The number of likely N-dealkylation sites (tertiary alicyclic amines) is 1. The molecule has 2 heterocycles. The molecular formula is C21H24FNO4. The molecule has 2 fully saturated rings. The van der Waals surface area contributed by atoms with E-state index in [0.717, 1.165) is 25.8 Å². The van der Waals surface area contributed by atoms with Gasteiger partial charge in [-0.25, -0.2) is 9.18 Å². The van der Waals surface area contributed by atoms with Crippen LogP contribution in [0.2, 0.25) is 0 Å². The van der Waals surface area contributed by atoms with Gasteiger partial charge in [0.2, 0.25) is 5.76 Å². The fraction of sp³-hybridized carbons (Fsp3) is 0.524. The van der Waals surface area contributed by atoms with E-state index in [-0.39, 0.29) is 24.3 Å². The number of furan rings is 1. The molecule has 27 heavy (non-hydrogen) atoms. The number of esters is 1. The summed E-state index contributed by atoms with van der Waals surface area (Å²) in [6, 6.07) is 4.37. The Morgan fingerprint density at radius 1 is 1.22 bits per heavy atom. The Hall–Kier alpha value is -2.37. The molecule has 144 valence electrons. The Balaban J connectivity index is 1.43. The Bertz CT molecular complexity index is 872. The number of rotatable bonds is 3. The van der Waals surface area contributed by atoms with Crippen molar-refractivity contribution in [1.82, 2.24) is 4.90 Å². The van der Waals surface area contributed by atoms with Crippen LogP contribution in [-0.2, 0) is 9.53 Å². The molecule has 1 saturated carbocycles. The molecule has 1 aromatic carbocycles. The molecule has 1 amide bonds. The van der Waals surface area contributed by atoms with Crippen LogP contribution in [0.4, 0.5) is 4.39 Å². The van der Waals surface area contributed by atoms with Crippen molar-refractivity contribution in [3.63, 3.8) is 0 Å². The average Bonchev–Trinajstić information content (AvgIpc) is 3.01. The first kappa shape index (κ1) is 18.0. The van der Waals surface area contributed by atoms with E-state index < -0.39 is 11.8 Å². The van der Waals surface area contributed by atoms with Crippen molar-refractivity contribution >= 4 is 22.8 Å². The summed E-state index contributed by atoms with van der Waals surface area (Å²) in [7, 11) is 0. The highest BCUT2D eigenvalue weighted by molar-refractivity contribution is 5.96. The van der Waals surface area contributed by atoms with Crippen LogP contribution >= 0.6 is 0 Å².